The number of benzene rings is 2. The van der Waals surface area contributed by atoms with Crippen LogP contribution >= 0.6 is 0 Å². The Balaban J connectivity index is 1.11. The molecule has 39 heavy (non-hydrogen) atoms. The molecule has 0 saturated carbocycles. The van der Waals surface area contributed by atoms with Crippen LogP contribution in [0, 0.1) is 5.92 Å². The number of carbonyl (C=O) groups is 1. The maximum Gasteiger partial charge on any atom is 0.241 e. The van der Waals surface area contributed by atoms with E-state index in [0.717, 1.165) is 63.4 Å². The van der Waals surface area contributed by atoms with Crippen LogP contribution in [0.25, 0.3) is 11.4 Å². The summed E-state index contributed by atoms with van der Waals surface area (Å²) < 4.78 is 11.0. The molecule has 1 N–H and O–H groups in total. The Morgan fingerprint density at radius 1 is 1.00 bits per heavy atom. The summed E-state index contributed by atoms with van der Waals surface area (Å²) in [5.41, 5.74) is 4.73. The molecular formula is C31H41N5O3. The lowest BCUT2D eigenvalue weighted by atomic mass is 9.87. The predicted molar refractivity (Wildman–Crippen MR) is 151 cm³/mol. The first-order valence-corrected chi connectivity index (χ1v) is 14.1. The van der Waals surface area contributed by atoms with Gasteiger partial charge in [0, 0.05) is 38.3 Å². The number of piperidine rings is 1. The average Bonchev–Trinajstić information content (AvgIpc) is 3.41. The highest BCUT2D eigenvalue weighted by Gasteiger charge is 2.27. The number of likely N-dealkylation sites (tertiary alicyclic amines) is 1. The van der Waals surface area contributed by atoms with Crippen LogP contribution in [0.2, 0.25) is 0 Å². The molecule has 8 heteroatoms. The summed E-state index contributed by atoms with van der Waals surface area (Å²) in [6.45, 7) is 13.8. The van der Waals surface area contributed by atoms with E-state index in [1.165, 1.54) is 11.1 Å². The Morgan fingerprint density at radius 2 is 1.77 bits per heavy atom. The van der Waals surface area contributed by atoms with E-state index in [1.54, 1.807) is 0 Å². The summed E-state index contributed by atoms with van der Waals surface area (Å²) >= 11 is 0. The smallest absolute Gasteiger partial charge is 0.241 e. The molecule has 1 aromatic heterocycles. The molecule has 1 atom stereocenters. The number of hydrogen-bond acceptors (Lipinski definition) is 7. The fourth-order valence-electron chi connectivity index (χ4n) is 5.35. The minimum atomic E-state index is -0.0392. The zero-order valence-corrected chi connectivity index (χ0v) is 23.5. The molecule has 3 heterocycles. The maximum absolute atomic E-state index is 13.0. The first kappa shape index (κ1) is 27.5. The van der Waals surface area contributed by atoms with Gasteiger partial charge in [-0.15, -0.1) is 0 Å². The zero-order chi connectivity index (χ0) is 27.2. The number of hydrogen-bond donors (Lipinski definition) is 1. The lowest BCUT2D eigenvalue weighted by molar-refractivity contribution is -0.127. The third-order valence-electron chi connectivity index (χ3n) is 7.68. The van der Waals surface area contributed by atoms with Gasteiger partial charge >= 0.3 is 0 Å². The first-order valence-electron chi connectivity index (χ1n) is 14.1. The predicted octanol–water partition coefficient (Wildman–Crippen LogP) is 4.39. The van der Waals surface area contributed by atoms with Crippen LogP contribution in [0.15, 0.2) is 53.1 Å². The highest BCUT2D eigenvalue weighted by atomic mass is 16.5. The maximum atomic E-state index is 13.0. The molecule has 2 aromatic carbocycles. The van der Waals surface area contributed by atoms with E-state index in [2.05, 4.69) is 94.6 Å². The lowest BCUT2D eigenvalue weighted by Gasteiger charge is -2.30. The second-order valence-electron chi connectivity index (χ2n) is 11.8. The Bertz CT molecular complexity index is 1230. The van der Waals surface area contributed by atoms with E-state index < -0.39 is 0 Å². The molecule has 5 rings (SSSR count). The normalized spacial score (nSPS) is 19.2. The van der Waals surface area contributed by atoms with Gasteiger partial charge in [-0.05, 0) is 41.5 Å². The van der Waals surface area contributed by atoms with Crippen LogP contribution in [0.1, 0.15) is 56.2 Å². The van der Waals surface area contributed by atoms with Crippen molar-refractivity contribution in [1.29, 1.82) is 0 Å². The molecule has 0 bridgehead atoms. The van der Waals surface area contributed by atoms with Crippen molar-refractivity contribution in [3.8, 4) is 11.4 Å². The van der Waals surface area contributed by atoms with Crippen molar-refractivity contribution < 1.29 is 14.1 Å². The Labute approximate surface area is 231 Å². The number of nitrogens with zero attached hydrogens (tertiary/aromatic N) is 4. The van der Waals surface area contributed by atoms with Crippen molar-refractivity contribution in [2.24, 2.45) is 5.92 Å². The standard InChI is InChI=1S/C31H41N5O3/c1-31(2,3)27-11-9-25(10-12-27)29-33-28(39-34-29)22-36-13-5-8-26(21-36)30(37)32-19-23-6-4-7-24(18-23)20-35-14-16-38-17-15-35/h4,6-7,9-12,18,26H,5,8,13-17,19-22H2,1-3H3,(H,32,37). The van der Waals surface area contributed by atoms with Gasteiger partial charge in [0.15, 0.2) is 0 Å². The van der Waals surface area contributed by atoms with Crippen LogP contribution in [-0.2, 0) is 34.6 Å². The second kappa shape index (κ2) is 12.4. The number of carbonyl (C=O) groups excluding carboxylic acids is 1. The van der Waals surface area contributed by atoms with E-state index in [0.29, 0.717) is 31.3 Å². The zero-order valence-electron chi connectivity index (χ0n) is 23.5. The molecule has 2 aliphatic rings. The molecule has 208 valence electrons. The summed E-state index contributed by atoms with van der Waals surface area (Å²) in [6.07, 6.45) is 1.87. The number of ether oxygens (including phenoxy) is 1. The summed E-state index contributed by atoms with van der Waals surface area (Å²) in [5.74, 6) is 1.27. The van der Waals surface area contributed by atoms with Crippen LogP contribution in [-0.4, -0.2) is 65.2 Å². The van der Waals surface area contributed by atoms with Gasteiger partial charge in [0.1, 0.15) is 0 Å². The minimum Gasteiger partial charge on any atom is -0.379 e. The highest BCUT2D eigenvalue weighted by Crippen LogP contribution is 2.25. The summed E-state index contributed by atoms with van der Waals surface area (Å²) in [4.78, 5) is 22.3. The van der Waals surface area contributed by atoms with Crippen molar-refractivity contribution in [3.05, 3.63) is 71.1 Å². The van der Waals surface area contributed by atoms with E-state index in [4.69, 9.17) is 9.26 Å². The van der Waals surface area contributed by atoms with Gasteiger partial charge in [-0.1, -0.05) is 74.5 Å². The molecule has 2 fully saturated rings. The van der Waals surface area contributed by atoms with Gasteiger partial charge in [-0.25, -0.2) is 0 Å². The topological polar surface area (TPSA) is 83.7 Å². The van der Waals surface area contributed by atoms with Crippen molar-refractivity contribution in [1.82, 2.24) is 25.3 Å². The SMILES string of the molecule is CC(C)(C)c1ccc(-c2noc(CN3CCCC(C(=O)NCc4cccc(CN5CCOCC5)c4)C3)n2)cc1. The van der Waals surface area contributed by atoms with Crippen molar-refractivity contribution >= 4 is 5.91 Å². The number of amides is 1. The molecule has 0 spiro atoms. The van der Waals surface area contributed by atoms with Gasteiger partial charge < -0.3 is 14.6 Å². The van der Waals surface area contributed by atoms with Gasteiger partial charge in [0.25, 0.3) is 0 Å². The Kier molecular flexibility index (Phi) is 8.75. The lowest BCUT2D eigenvalue weighted by Crippen LogP contribution is -2.42. The van der Waals surface area contributed by atoms with Crippen LogP contribution in [0.4, 0.5) is 0 Å². The largest absolute Gasteiger partial charge is 0.379 e. The molecule has 1 amide bonds. The Morgan fingerprint density at radius 3 is 2.54 bits per heavy atom. The monoisotopic (exact) mass is 531 g/mol. The first-order chi connectivity index (χ1) is 18.8. The number of aromatic nitrogens is 2. The average molecular weight is 532 g/mol. The molecule has 8 nitrogen and oxygen atoms in total. The van der Waals surface area contributed by atoms with Gasteiger partial charge in [-0.2, -0.15) is 4.98 Å². The fraction of sp³-hybridized carbons (Fsp3) is 0.516. The van der Waals surface area contributed by atoms with Crippen LogP contribution in [0.3, 0.4) is 0 Å². The van der Waals surface area contributed by atoms with E-state index in [1.807, 2.05) is 0 Å². The molecule has 0 radical (unpaired) electrons. The molecule has 0 aliphatic carbocycles. The number of morpholine rings is 1. The third kappa shape index (κ3) is 7.53. The van der Waals surface area contributed by atoms with E-state index in [-0.39, 0.29) is 17.2 Å². The van der Waals surface area contributed by atoms with Crippen molar-refractivity contribution in [3.63, 3.8) is 0 Å². The summed E-state index contributed by atoms with van der Waals surface area (Å²) in [5, 5.41) is 7.38. The van der Waals surface area contributed by atoms with E-state index in [9.17, 15) is 4.79 Å². The van der Waals surface area contributed by atoms with Crippen LogP contribution in [0.5, 0.6) is 0 Å². The molecule has 1 unspecified atom stereocenters. The second-order valence-corrected chi connectivity index (χ2v) is 11.8. The Hall–Kier alpha value is -3.07. The number of nitrogens with one attached hydrogen (secondary N) is 1. The van der Waals surface area contributed by atoms with Crippen molar-refractivity contribution in [2.45, 2.75) is 58.7 Å². The summed E-state index contributed by atoms with van der Waals surface area (Å²) in [6, 6.07) is 16.9. The molecular weight excluding hydrogens is 490 g/mol. The third-order valence-corrected chi connectivity index (χ3v) is 7.68. The van der Waals surface area contributed by atoms with Crippen LogP contribution < -0.4 is 5.32 Å². The van der Waals surface area contributed by atoms with E-state index >= 15 is 0 Å². The molecule has 2 aliphatic heterocycles. The van der Waals surface area contributed by atoms with Gasteiger partial charge in [-0.3, -0.25) is 14.6 Å². The quantitative estimate of drug-likeness (QED) is 0.461. The highest BCUT2D eigenvalue weighted by molar-refractivity contribution is 5.79. The van der Waals surface area contributed by atoms with Gasteiger partial charge in [0.05, 0.1) is 25.7 Å². The minimum absolute atomic E-state index is 0.0392. The summed E-state index contributed by atoms with van der Waals surface area (Å²) in [7, 11) is 0. The fourth-order valence-corrected chi connectivity index (χ4v) is 5.35. The van der Waals surface area contributed by atoms with Crippen molar-refractivity contribution in [2.75, 3.05) is 39.4 Å². The van der Waals surface area contributed by atoms with Gasteiger partial charge in [0.2, 0.25) is 17.6 Å². The number of rotatable bonds is 8. The molecule has 3 aromatic rings. The molecule has 2 saturated heterocycles.